The van der Waals surface area contributed by atoms with Crippen LogP contribution in [0.25, 0.3) is 12.2 Å². The molecule has 0 saturated carbocycles. The summed E-state index contributed by atoms with van der Waals surface area (Å²) in [6.07, 6.45) is 5.22. The third kappa shape index (κ3) is 9.18. The van der Waals surface area contributed by atoms with Gasteiger partial charge in [0, 0.05) is 34.7 Å². The van der Waals surface area contributed by atoms with Crippen LogP contribution in [0.1, 0.15) is 45.7 Å². The van der Waals surface area contributed by atoms with Crippen LogP contribution >= 0.6 is 0 Å². The van der Waals surface area contributed by atoms with E-state index < -0.39 is 23.7 Å². The first-order chi connectivity index (χ1) is 16.0. The number of hydrogen-bond acceptors (Lipinski definition) is 6. The first-order valence-electron chi connectivity index (χ1n) is 9.58. The van der Waals surface area contributed by atoms with Crippen molar-refractivity contribution >= 4 is 35.8 Å². The number of halogens is 2. The van der Waals surface area contributed by atoms with Crippen molar-refractivity contribution in [2.24, 2.45) is 11.5 Å². The number of carbonyl (C=O) groups excluding carboxylic acids is 4. The maximum absolute atomic E-state index is 13.5. The van der Waals surface area contributed by atoms with Gasteiger partial charge in [0.2, 0.25) is 0 Å². The normalized spacial score (nSPS) is 10.2. The van der Waals surface area contributed by atoms with E-state index in [0.717, 1.165) is 0 Å². The molecule has 8 N–H and O–H groups in total. The van der Waals surface area contributed by atoms with E-state index in [1.807, 2.05) is 0 Å². The molecule has 12 heteroatoms. The third-order valence-corrected chi connectivity index (χ3v) is 3.92. The van der Waals surface area contributed by atoms with Crippen LogP contribution in [0.2, 0.25) is 0 Å². The highest BCUT2D eigenvalue weighted by atomic mass is 19.1. The molecule has 0 atom stereocenters. The summed E-state index contributed by atoms with van der Waals surface area (Å²) in [6.45, 7) is 2.70. The lowest BCUT2D eigenvalue weighted by Gasteiger charge is -2.04. The fourth-order valence-electron chi connectivity index (χ4n) is 2.50. The lowest BCUT2D eigenvalue weighted by molar-refractivity contribution is 0.100. The van der Waals surface area contributed by atoms with Crippen LogP contribution in [0, 0.1) is 11.6 Å². The highest BCUT2D eigenvalue weighted by Crippen LogP contribution is 2.16. The number of carbonyl (C=O) groups is 4. The molecule has 0 spiro atoms. The fraction of sp³-hybridized carbons (Fsp3) is 0.0909. The average Bonchev–Trinajstić information content (AvgIpc) is 2.75. The molecule has 2 rings (SSSR count). The van der Waals surface area contributed by atoms with Crippen molar-refractivity contribution in [3.8, 4) is 0 Å². The minimum absolute atomic E-state index is 0.152. The smallest absolute Gasteiger partial charge is 0.330 e. The Kier molecular flexibility index (Phi) is 10.9. The quantitative estimate of drug-likeness (QED) is 0.253. The van der Waals surface area contributed by atoms with Crippen molar-refractivity contribution in [2.45, 2.75) is 13.8 Å². The minimum atomic E-state index is -0.769. The molecule has 0 unspecified atom stereocenters. The van der Waals surface area contributed by atoms with Gasteiger partial charge < -0.3 is 22.3 Å². The number of hydrazine groups is 2. The lowest BCUT2D eigenvalue weighted by Crippen LogP contribution is -2.37. The second-order valence-corrected chi connectivity index (χ2v) is 6.45. The SMILES string of the molecule is CC(=O)c1cccc(F)c1/C=C/NNC(N)=O.CC(=O)c1cccc(F)c1/C=C/NNC(N)=O. The molecule has 0 aliphatic rings. The first kappa shape index (κ1) is 27.3. The number of benzene rings is 2. The van der Waals surface area contributed by atoms with Gasteiger partial charge in [0.1, 0.15) is 11.6 Å². The molecule has 34 heavy (non-hydrogen) atoms. The highest BCUT2D eigenvalue weighted by molar-refractivity contribution is 5.98. The summed E-state index contributed by atoms with van der Waals surface area (Å²) in [6, 6.07) is 6.90. The van der Waals surface area contributed by atoms with Crippen molar-refractivity contribution in [3.05, 3.63) is 82.7 Å². The summed E-state index contributed by atoms with van der Waals surface area (Å²) in [5.41, 5.74) is 19.3. The molecular formula is C22H24F2N6O4. The van der Waals surface area contributed by atoms with Gasteiger partial charge in [0.25, 0.3) is 0 Å². The largest absolute Gasteiger partial charge is 0.350 e. The summed E-state index contributed by atoms with van der Waals surface area (Å²) in [5.74, 6) is -1.52. The maximum atomic E-state index is 13.5. The van der Waals surface area contributed by atoms with Gasteiger partial charge in [-0.2, -0.15) is 0 Å². The maximum Gasteiger partial charge on any atom is 0.330 e. The second-order valence-electron chi connectivity index (χ2n) is 6.45. The number of ketones is 2. The van der Waals surface area contributed by atoms with Crippen LogP contribution < -0.4 is 33.2 Å². The molecule has 180 valence electrons. The van der Waals surface area contributed by atoms with Gasteiger partial charge in [-0.1, -0.05) is 24.3 Å². The van der Waals surface area contributed by atoms with E-state index in [2.05, 4.69) is 21.7 Å². The summed E-state index contributed by atoms with van der Waals surface area (Å²) in [5, 5.41) is 0. The molecule has 0 bridgehead atoms. The van der Waals surface area contributed by atoms with Crippen LogP contribution in [0.3, 0.4) is 0 Å². The molecule has 10 nitrogen and oxygen atoms in total. The standard InChI is InChI=1S/2C11H12FN3O2/c2*1-7(16)8-3-2-4-10(12)9(8)5-6-14-15-11(13)17/h2*2-6,14H,1H3,(H3,13,15,17)/b2*6-5+. The highest BCUT2D eigenvalue weighted by Gasteiger charge is 2.09. The van der Waals surface area contributed by atoms with Crippen LogP contribution in [0.4, 0.5) is 18.4 Å². The Morgan fingerprint density at radius 3 is 1.35 bits per heavy atom. The summed E-state index contributed by atoms with van der Waals surface area (Å²) >= 11 is 0. The molecule has 0 aromatic heterocycles. The Labute approximate surface area is 194 Å². The Balaban J connectivity index is 0.000000340. The van der Waals surface area contributed by atoms with E-state index in [1.54, 1.807) is 0 Å². The number of nitrogens with one attached hydrogen (secondary N) is 4. The van der Waals surface area contributed by atoms with Gasteiger partial charge in [-0.15, -0.1) is 0 Å². The lowest BCUT2D eigenvalue weighted by atomic mass is 10.0. The van der Waals surface area contributed by atoms with Crippen molar-refractivity contribution < 1.29 is 28.0 Å². The second kappa shape index (κ2) is 13.6. The molecule has 0 radical (unpaired) electrons. The van der Waals surface area contributed by atoms with Gasteiger partial charge in [-0.3, -0.25) is 20.4 Å². The van der Waals surface area contributed by atoms with E-state index in [4.69, 9.17) is 11.5 Å². The number of amides is 4. The van der Waals surface area contributed by atoms with Crippen molar-refractivity contribution in [1.82, 2.24) is 21.7 Å². The molecule has 2 aromatic carbocycles. The molecule has 0 aliphatic heterocycles. The van der Waals surface area contributed by atoms with Crippen molar-refractivity contribution in [1.29, 1.82) is 0 Å². The van der Waals surface area contributed by atoms with Crippen LogP contribution in [-0.4, -0.2) is 23.6 Å². The summed E-state index contributed by atoms with van der Waals surface area (Å²) < 4.78 is 26.9. The average molecular weight is 474 g/mol. The van der Waals surface area contributed by atoms with E-state index in [1.165, 1.54) is 74.8 Å². The molecule has 2 aromatic rings. The number of nitrogens with two attached hydrogens (primary N) is 2. The van der Waals surface area contributed by atoms with Gasteiger partial charge in [0.05, 0.1) is 0 Å². The molecule has 0 saturated heterocycles. The number of hydrogen-bond donors (Lipinski definition) is 6. The van der Waals surface area contributed by atoms with E-state index in [9.17, 15) is 28.0 Å². The Morgan fingerprint density at radius 1 is 0.706 bits per heavy atom. The van der Waals surface area contributed by atoms with E-state index in [0.29, 0.717) is 0 Å². The zero-order chi connectivity index (χ0) is 25.7. The Bertz CT molecular complexity index is 1030. The molecular weight excluding hydrogens is 450 g/mol. The minimum Gasteiger partial charge on any atom is -0.350 e. The number of rotatable bonds is 8. The predicted octanol–water partition coefficient (Wildman–Crippen LogP) is 2.34. The van der Waals surface area contributed by atoms with E-state index in [-0.39, 0.29) is 33.8 Å². The molecule has 0 fully saturated rings. The predicted molar refractivity (Wildman–Crippen MR) is 123 cm³/mol. The first-order valence-corrected chi connectivity index (χ1v) is 9.58. The van der Waals surface area contributed by atoms with Crippen molar-refractivity contribution in [3.63, 3.8) is 0 Å². The molecule has 0 aliphatic carbocycles. The summed E-state index contributed by atoms with van der Waals surface area (Å²) in [7, 11) is 0. The van der Waals surface area contributed by atoms with Gasteiger partial charge in [-0.25, -0.2) is 18.4 Å². The van der Waals surface area contributed by atoms with E-state index >= 15 is 0 Å². The topological polar surface area (TPSA) is 168 Å². The number of Topliss-reactive ketones (excluding diaryl/α,β-unsaturated/α-hetero) is 2. The summed E-state index contributed by atoms with van der Waals surface area (Å²) in [4.78, 5) is 43.2. The molecule has 4 amide bonds. The van der Waals surface area contributed by atoms with Crippen LogP contribution in [0.15, 0.2) is 48.8 Å². The fourth-order valence-corrected chi connectivity index (χ4v) is 2.50. The van der Waals surface area contributed by atoms with Crippen LogP contribution in [0.5, 0.6) is 0 Å². The number of primary amides is 2. The van der Waals surface area contributed by atoms with Crippen LogP contribution in [-0.2, 0) is 0 Å². The Morgan fingerprint density at radius 2 is 1.06 bits per heavy atom. The van der Waals surface area contributed by atoms with Gasteiger partial charge in [-0.05, 0) is 38.1 Å². The molecule has 0 heterocycles. The Hall–Kier alpha value is -4.74. The zero-order valence-corrected chi connectivity index (χ0v) is 18.3. The monoisotopic (exact) mass is 474 g/mol. The zero-order valence-electron chi connectivity index (χ0n) is 18.3. The number of urea groups is 2. The van der Waals surface area contributed by atoms with Crippen molar-refractivity contribution in [2.75, 3.05) is 0 Å². The van der Waals surface area contributed by atoms with Gasteiger partial charge >= 0.3 is 12.1 Å². The van der Waals surface area contributed by atoms with Gasteiger partial charge in [0.15, 0.2) is 11.6 Å². The third-order valence-electron chi connectivity index (χ3n) is 3.92.